The van der Waals surface area contributed by atoms with Crippen LogP contribution in [0.3, 0.4) is 0 Å². The Kier molecular flexibility index (Phi) is 10.5. The van der Waals surface area contributed by atoms with Gasteiger partial charge in [0, 0.05) is 0 Å². The summed E-state index contributed by atoms with van der Waals surface area (Å²) < 4.78 is 0. The van der Waals surface area contributed by atoms with Crippen LogP contribution in [0.4, 0.5) is 0 Å². The number of carboxylic acids is 1. The van der Waals surface area contributed by atoms with Gasteiger partial charge < -0.3 is 42.1 Å². The van der Waals surface area contributed by atoms with Gasteiger partial charge in [-0.2, -0.15) is 0 Å². The van der Waals surface area contributed by atoms with Crippen LogP contribution in [0.15, 0.2) is 0 Å². The molecule has 27 heavy (non-hydrogen) atoms. The van der Waals surface area contributed by atoms with Gasteiger partial charge in [0.1, 0.15) is 24.2 Å². The molecular formula is C15H28N4O8. The molecule has 0 saturated heterocycles. The van der Waals surface area contributed by atoms with Crippen molar-refractivity contribution in [1.82, 2.24) is 16.0 Å². The summed E-state index contributed by atoms with van der Waals surface area (Å²) in [5.74, 6) is -4.60. The molecule has 156 valence electrons. The Balaban J connectivity index is 5.13. The van der Waals surface area contributed by atoms with Crippen molar-refractivity contribution < 1.29 is 39.6 Å². The highest BCUT2D eigenvalue weighted by atomic mass is 16.4. The van der Waals surface area contributed by atoms with Crippen LogP contribution >= 0.6 is 0 Å². The third-order valence-corrected chi connectivity index (χ3v) is 3.64. The summed E-state index contributed by atoms with van der Waals surface area (Å²) in [7, 11) is 0. The fourth-order valence-electron chi connectivity index (χ4n) is 1.97. The van der Waals surface area contributed by atoms with E-state index in [1.807, 2.05) is 0 Å². The van der Waals surface area contributed by atoms with Crippen LogP contribution in [-0.2, 0) is 19.2 Å². The second kappa shape index (κ2) is 11.4. The van der Waals surface area contributed by atoms with Crippen molar-refractivity contribution in [3.05, 3.63) is 0 Å². The largest absolute Gasteiger partial charge is 0.480 e. The van der Waals surface area contributed by atoms with Gasteiger partial charge in [-0.1, -0.05) is 13.8 Å². The average molecular weight is 392 g/mol. The topological polar surface area (TPSA) is 211 Å². The zero-order valence-corrected chi connectivity index (χ0v) is 15.4. The number of carbonyl (C=O) groups excluding carboxylic acids is 3. The van der Waals surface area contributed by atoms with Crippen molar-refractivity contribution in [2.45, 2.75) is 51.0 Å². The molecule has 0 aromatic carbocycles. The fourth-order valence-corrected chi connectivity index (χ4v) is 1.97. The second-order valence-electron chi connectivity index (χ2n) is 6.33. The molecule has 0 aliphatic heterocycles. The monoisotopic (exact) mass is 392 g/mol. The van der Waals surface area contributed by atoms with E-state index in [0.717, 1.165) is 0 Å². The number of nitrogens with one attached hydrogen (secondary N) is 3. The van der Waals surface area contributed by atoms with E-state index in [9.17, 15) is 29.4 Å². The quantitative estimate of drug-likeness (QED) is 0.171. The molecule has 0 fully saturated rings. The van der Waals surface area contributed by atoms with Crippen LogP contribution in [0.2, 0.25) is 0 Å². The predicted octanol–water partition coefficient (Wildman–Crippen LogP) is -4.13. The minimum atomic E-state index is -1.52. The first-order chi connectivity index (χ1) is 12.5. The number of rotatable bonds is 11. The van der Waals surface area contributed by atoms with Gasteiger partial charge in [-0.25, -0.2) is 4.79 Å². The van der Waals surface area contributed by atoms with Gasteiger partial charge in [0.25, 0.3) is 0 Å². The first-order valence-corrected chi connectivity index (χ1v) is 8.25. The van der Waals surface area contributed by atoms with Gasteiger partial charge in [-0.15, -0.1) is 0 Å². The normalized spacial score (nSPS) is 16.6. The van der Waals surface area contributed by atoms with Crippen LogP contribution < -0.4 is 21.7 Å². The van der Waals surface area contributed by atoms with Gasteiger partial charge in [-0.05, 0) is 12.8 Å². The summed E-state index contributed by atoms with van der Waals surface area (Å²) in [5.41, 5.74) is 5.32. The summed E-state index contributed by atoms with van der Waals surface area (Å²) in [6.45, 7) is 2.79. The molecular weight excluding hydrogens is 364 g/mol. The zero-order chi connectivity index (χ0) is 21.3. The highest BCUT2D eigenvalue weighted by Gasteiger charge is 2.32. The van der Waals surface area contributed by atoms with Crippen LogP contribution in [0.25, 0.3) is 0 Å². The van der Waals surface area contributed by atoms with Gasteiger partial charge in [-0.3, -0.25) is 14.4 Å². The van der Waals surface area contributed by atoms with Gasteiger partial charge in [0.2, 0.25) is 17.7 Å². The van der Waals surface area contributed by atoms with E-state index >= 15 is 0 Å². The zero-order valence-electron chi connectivity index (χ0n) is 15.4. The third kappa shape index (κ3) is 7.86. The highest BCUT2D eigenvalue weighted by molar-refractivity contribution is 5.94. The van der Waals surface area contributed by atoms with E-state index in [-0.39, 0.29) is 0 Å². The number of carboxylic acid groups (broad SMARTS) is 1. The predicted molar refractivity (Wildman–Crippen MR) is 92.1 cm³/mol. The van der Waals surface area contributed by atoms with E-state index in [2.05, 4.69) is 16.0 Å². The van der Waals surface area contributed by atoms with E-state index < -0.39 is 73.1 Å². The number of aliphatic hydroxyl groups is 3. The number of aliphatic carboxylic acids is 1. The van der Waals surface area contributed by atoms with Crippen LogP contribution in [0, 0.1) is 5.92 Å². The van der Waals surface area contributed by atoms with E-state index in [1.165, 1.54) is 6.92 Å². The summed E-state index contributed by atoms with van der Waals surface area (Å²) in [4.78, 5) is 47.2. The number of amides is 3. The van der Waals surface area contributed by atoms with Crippen LogP contribution in [-0.4, -0.2) is 87.6 Å². The lowest BCUT2D eigenvalue weighted by atomic mass is 10.0. The summed E-state index contributed by atoms with van der Waals surface area (Å²) in [6.07, 6.45) is -1.38. The smallest absolute Gasteiger partial charge is 0.326 e. The van der Waals surface area contributed by atoms with Crippen molar-refractivity contribution in [1.29, 1.82) is 0 Å². The summed E-state index contributed by atoms with van der Waals surface area (Å²) in [5, 5.41) is 43.4. The minimum absolute atomic E-state index is 0.453. The minimum Gasteiger partial charge on any atom is -0.480 e. The molecule has 3 amide bonds. The fraction of sp³-hybridized carbons (Fsp3) is 0.733. The molecule has 0 rings (SSSR count). The standard InChI is InChI=1S/C15H28N4O8/c1-6(2)10(15(26)27)18-13(24)9(5-21)17-14(25)11(7(3)22)19-12(23)8(16)4-20/h6-11,20-22H,4-5,16H2,1-3H3,(H,17,25)(H,18,24)(H,19,23)(H,26,27). The molecule has 0 bridgehead atoms. The van der Waals surface area contributed by atoms with E-state index in [4.69, 9.17) is 15.9 Å². The Bertz CT molecular complexity index is 540. The SMILES string of the molecule is CC(C)C(NC(=O)C(CO)NC(=O)C(NC(=O)C(N)CO)C(C)O)C(=O)O. The van der Waals surface area contributed by atoms with Crippen molar-refractivity contribution in [3.8, 4) is 0 Å². The Hall–Kier alpha value is -2.28. The number of carbonyl (C=O) groups is 4. The first-order valence-electron chi connectivity index (χ1n) is 8.25. The van der Waals surface area contributed by atoms with Crippen molar-refractivity contribution in [2.24, 2.45) is 11.7 Å². The molecule has 5 atom stereocenters. The molecule has 12 nitrogen and oxygen atoms in total. The Morgan fingerprint density at radius 3 is 1.74 bits per heavy atom. The van der Waals surface area contributed by atoms with Crippen LogP contribution in [0.5, 0.6) is 0 Å². The van der Waals surface area contributed by atoms with Crippen molar-refractivity contribution in [2.75, 3.05) is 13.2 Å². The molecule has 0 aliphatic carbocycles. The molecule has 0 heterocycles. The molecule has 0 radical (unpaired) electrons. The first kappa shape index (κ1) is 24.7. The number of aliphatic hydroxyl groups excluding tert-OH is 3. The molecule has 12 heteroatoms. The number of hydrogen-bond donors (Lipinski definition) is 8. The maximum atomic E-state index is 12.3. The third-order valence-electron chi connectivity index (χ3n) is 3.64. The number of hydrogen-bond acceptors (Lipinski definition) is 8. The van der Waals surface area contributed by atoms with Crippen LogP contribution in [0.1, 0.15) is 20.8 Å². The maximum absolute atomic E-state index is 12.3. The molecule has 0 saturated carbocycles. The molecule has 0 aliphatic rings. The molecule has 0 aromatic heterocycles. The summed E-state index contributed by atoms with van der Waals surface area (Å²) >= 11 is 0. The van der Waals surface area contributed by atoms with Gasteiger partial charge >= 0.3 is 5.97 Å². The lowest BCUT2D eigenvalue weighted by Gasteiger charge is -2.26. The van der Waals surface area contributed by atoms with Gasteiger partial charge in [0.05, 0.1) is 19.3 Å². The lowest BCUT2D eigenvalue weighted by molar-refractivity contribution is -0.144. The Labute approximate surface area is 156 Å². The average Bonchev–Trinajstić information content (AvgIpc) is 2.59. The highest BCUT2D eigenvalue weighted by Crippen LogP contribution is 2.03. The molecule has 9 N–H and O–H groups in total. The molecule has 0 aromatic rings. The molecule has 0 spiro atoms. The second-order valence-corrected chi connectivity index (χ2v) is 6.33. The summed E-state index contributed by atoms with van der Waals surface area (Å²) in [6, 6.07) is -5.59. The van der Waals surface area contributed by atoms with E-state index in [1.54, 1.807) is 13.8 Å². The Morgan fingerprint density at radius 2 is 1.37 bits per heavy atom. The number of nitrogens with two attached hydrogens (primary N) is 1. The van der Waals surface area contributed by atoms with Gasteiger partial charge in [0.15, 0.2) is 0 Å². The maximum Gasteiger partial charge on any atom is 0.326 e. The lowest BCUT2D eigenvalue weighted by Crippen LogP contribution is -2.61. The van der Waals surface area contributed by atoms with Crippen molar-refractivity contribution >= 4 is 23.7 Å². The Morgan fingerprint density at radius 1 is 0.852 bits per heavy atom. The van der Waals surface area contributed by atoms with Crippen molar-refractivity contribution in [3.63, 3.8) is 0 Å². The molecule has 5 unspecified atom stereocenters. The van der Waals surface area contributed by atoms with E-state index in [0.29, 0.717) is 0 Å².